The first-order chi connectivity index (χ1) is 28.5. The zero-order valence-corrected chi connectivity index (χ0v) is 37.4. The molecule has 0 amide bonds. The Morgan fingerprint density at radius 2 is 1.03 bits per heavy atom. The van der Waals surface area contributed by atoms with E-state index in [4.69, 9.17) is 18.9 Å². The van der Waals surface area contributed by atoms with Crippen molar-refractivity contribution in [3.05, 3.63) is 36.5 Å². The van der Waals surface area contributed by atoms with Gasteiger partial charge >= 0.3 is 11.9 Å². The lowest BCUT2D eigenvalue weighted by molar-refractivity contribution is -0.297. The number of ether oxygens (including phenoxy) is 4. The van der Waals surface area contributed by atoms with Gasteiger partial charge in [-0.05, 0) is 64.2 Å². The number of aliphatic hydroxyl groups is 3. The molecule has 0 aliphatic carbocycles. The van der Waals surface area contributed by atoms with Crippen molar-refractivity contribution in [3.63, 3.8) is 0 Å². The molecule has 13 heteroatoms. The Morgan fingerprint density at radius 1 is 0.576 bits per heavy atom. The molecule has 0 aromatic carbocycles. The zero-order chi connectivity index (χ0) is 43.4. The Labute approximate surface area is 357 Å². The predicted molar refractivity (Wildman–Crippen MR) is 233 cm³/mol. The highest BCUT2D eigenvalue weighted by molar-refractivity contribution is 7.85. The third-order valence-corrected chi connectivity index (χ3v) is 11.2. The number of rotatable bonds is 38. The van der Waals surface area contributed by atoms with Crippen molar-refractivity contribution in [2.75, 3.05) is 19.0 Å². The fraction of sp³-hybridized carbons (Fsp3) is 0.826. The summed E-state index contributed by atoms with van der Waals surface area (Å²) in [4.78, 5) is 25.4. The standard InChI is InChI=1S/C46H82O12S/c1-3-5-7-9-11-13-15-17-19-20-21-23-24-26-28-30-32-34-41(47)55-36-39(37-56-46-45(51)44(50)43(49)40(58-46)38-59(52,53)54)57-42(48)35-33-31-29-27-25-22-18-16-14-12-10-8-6-4-2/h10,12,16-19,39-40,43-46,49-51H,3-9,11,13-15,20-38H2,1-2H3,(H,52,53,54)/b12-10-,18-16-,19-17-. The van der Waals surface area contributed by atoms with Crippen LogP contribution in [0.3, 0.4) is 0 Å². The summed E-state index contributed by atoms with van der Waals surface area (Å²) in [6.07, 6.45) is 31.8. The van der Waals surface area contributed by atoms with Crippen LogP contribution in [0.1, 0.15) is 187 Å². The van der Waals surface area contributed by atoms with E-state index in [9.17, 15) is 37.9 Å². The van der Waals surface area contributed by atoms with Crippen LogP contribution in [0, 0.1) is 0 Å². The van der Waals surface area contributed by atoms with Gasteiger partial charge in [0.05, 0.1) is 6.61 Å². The molecule has 1 aliphatic rings. The van der Waals surface area contributed by atoms with Crippen LogP contribution in [0.25, 0.3) is 0 Å². The van der Waals surface area contributed by atoms with Gasteiger partial charge in [-0.1, -0.05) is 147 Å². The maximum Gasteiger partial charge on any atom is 0.306 e. The summed E-state index contributed by atoms with van der Waals surface area (Å²) in [5, 5.41) is 30.9. The van der Waals surface area contributed by atoms with Gasteiger partial charge in [-0.3, -0.25) is 14.1 Å². The van der Waals surface area contributed by atoms with Crippen molar-refractivity contribution < 1.29 is 56.8 Å². The minimum absolute atomic E-state index is 0.147. The Hall–Kier alpha value is -2.13. The monoisotopic (exact) mass is 859 g/mol. The topological polar surface area (TPSA) is 186 Å². The molecule has 0 saturated carbocycles. The number of carbonyl (C=O) groups excluding carboxylic acids is 2. The first kappa shape index (κ1) is 54.9. The summed E-state index contributed by atoms with van der Waals surface area (Å²) < 4.78 is 54.0. The first-order valence-corrected chi connectivity index (χ1v) is 24.7. The van der Waals surface area contributed by atoms with E-state index < -0.39 is 71.2 Å². The van der Waals surface area contributed by atoms with Crippen LogP contribution in [0.2, 0.25) is 0 Å². The molecule has 1 aliphatic heterocycles. The van der Waals surface area contributed by atoms with Gasteiger partial charge in [-0.2, -0.15) is 8.42 Å². The van der Waals surface area contributed by atoms with E-state index in [1.807, 2.05) is 0 Å². The Kier molecular flexibility index (Phi) is 34.0. The Bertz CT molecular complexity index is 1240. The highest BCUT2D eigenvalue weighted by Gasteiger charge is 2.46. The van der Waals surface area contributed by atoms with Gasteiger partial charge in [0.2, 0.25) is 0 Å². The average Bonchev–Trinajstić information content (AvgIpc) is 3.20. The van der Waals surface area contributed by atoms with Crippen LogP contribution in [0.15, 0.2) is 36.5 Å². The molecule has 0 radical (unpaired) electrons. The Morgan fingerprint density at radius 3 is 1.56 bits per heavy atom. The van der Waals surface area contributed by atoms with E-state index in [-0.39, 0.29) is 19.4 Å². The van der Waals surface area contributed by atoms with Crippen molar-refractivity contribution in [1.29, 1.82) is 0 Å². The lowest BCUT2D eigenvalue weighted by atomic mass is 10.00. The molecule has 1 fully saturated rings. The number of hydrogen-bond acceptors (Lipinski definition) is 11. The fourth-order valence-electron chi connectivity index (χ4n) is 6.80. The van der Waals surface area contributed by atoms with Gasteiger partial charge in [0.25, 0.3) is 10.1 Å². The van der Waals surface area contributed by atoms with Gasteiger partial charge in [0.1, 0.15) is 36.8 Å². The maximum absolute atomic E-state index is 12.8. The Balaban J connectivity index is 2.44. The van der Waals surface area contributed by atoms with Gasteiger partial charge in [0, 0.05) is 12.8 Å². The first-order valence-electron chi connectivity index (χ1n) is 23.0. The van der Waals surface area contributed by atoms with E-state index in [0.29, 0.717) is 12.8 Å². The lowest BCUT2D eigenvalue weighted by Gasteiger charge is -2.40. The quantitative estimate of drug-likeness (QED) is 0.0200. The highest BCUT2D eigenvalue weighted by atomic mass is 32.2. The van der Waals surface area contributed by atoms with Crippen LogP contribution in [0.4, 0.5) is 0 Å². The smallest absolute Gasteiger partial charge is 0.306 e. The van der Waals surface area contributed by atoms with Gasteiger partial charge < -0.3 is 34.3 Å². The number of allylic oxidation sites excluding steroid dienone is 6. The summed E-state index contributed by atoms with van der Waals surface area (Å²) in [6, 6.07) is 0. The molecule has 12 nitrogen and oxygen atoms in total. The minimum atomic E-state index is -4.60. The molecule has 0 aromatic rings. The summed E-state index contributed by atoms with van der Waals surface area (Å²) >= 11 is 0. The summed E-state index contributed by atoms with van der Waals surface area (Å²) in [7, 11) is -4.60. The molecule has 344 valence electrons. The second kappa shape index (κ2) is 36.5. The molecular formula is C46H82O12S. The maximum atomic E-state index is 12.8. The zero-order valence-electron chi connectivity index (χ0n) is 36.6. The molecule has 1 rings (SSSR count). The van der Waals surface area contributed by atoms with Crippen molar-refractivity contribution in [3.8, 4) is 0 Å². The molecule has 0 aromatic heterocycles. The lowest BCUT2D eigenvalue weighted by Crippen LogP contribution is -2.60. The average molecular weight is 859 g/mol. The predicted octanol–water partition coefficient (Wildman–Crippen LogP) is 9.39. The van der Waals surface area contributed by atoms with Crippen LogP contribution >= 0.6 is 0 Å². The number of unbranched alkanes of at least 4 members (excludes halogenated alkanes) is 20. The summed E-state index contributed by atoms with van der Waals surface area (Å²) in [5.74, 6) is -2.01. The van der Waals surface area contributed by atoms with Crippen molar-refractivity contribution in [2.24, 2.45) is 0 Å². The van der Waals surface area contributed by atoms with E-state index in [1.165, 1.54) is 77.0 Å². The summed E-state index contributed by atoms with van der Waals surface area (Å²) in [5.41, 5.74) is 0. The molecule has 1 heterocycles. The van der Waals surface area contributed by atoms with Crippen LogP contribution < -0.4 is 0 Å². The number of esters is 2. The van der Waals surface area contributed by atoms with Gasteiger partial charge in [-0.25, -0.2) is 0 Å². The third kappa shape index (κ3) is 31.4. The van der Waals surface area contributed by atoms with Crippen LogP contribution in [-0.2, 0) is 38.7 Å². The van der Waals surface area contributed by atoms with Gasteiger partial charge in [0.15, 0.2) is 12.4 Å². The van der Waals surface area contributed by atoms with Gasteiger partial charge in [-0.15, -0.1) is 0 Å². The molecule has 0 bridgehead atoms. The van der Waals surface area contributed by atoms with E-state index in [0.717, 1.165) is 70.6 Å². The molecule has 1 saturated heterocycles. The second-order valence-electron chi connectivity index (χ2n) is 16.1. The number of hydrogen-bond donors (Lipinski definition) is 4. The fourth-order valence-corrected chi connectivity index (χ4v) is 7.50. The second-order valence-corrected chi connectivity index (χ2v) is 17.6. The molecular weight excluding hydrogens is 777 g/mol. The molecule has 0 spiro atoms. The van der Waals surface area contributed by atoms with Crippen LogP contribution in [0.5, 0.6) is 0 Å². The van der Waals surface area contributed by atoms with Crippen molar-refractivity contribution in [1.82, 2.24) is 0 Å². The van der Waals surface area contributed by atoms with E-state index >= 15 is 0 Å². The SMILES string of the molecule is CCCC/C=C\C/C=C\CCCCCCCC(=O)OC(COC(=O)CCCCCCCCC/C=C\CCCCCCCC)COC1OC(CS(=O)(=O)O)C(O)C(O)C1O. The highest BCUT2D eigenvalue weighted by Crippen LogP contribution is 2.24. The summed E-state index contributed by atoms with van der Waals surface area (Å²) in [6.45, 7) is 3.70. The molecule has 59 heavy (non-hydrogen) atoms. The van der Waals surface area contributed by atoms with E-state index in [2.05, 4.69) is 50.3 Å². The third-order valence-electron chi connectivity index (χ3n) is 10.4. The number of carbonyl (C=O) groups is 2. The molecule has 6 unspecified atom stereocenters. The largest absolute Gasteiger partial charge is 0.462 e. The van der Waals surface area contributed by atoms with Crippen LogP contribution in [-0.4, -0.2) is 96.0 Å². The van der Waals surface area contributed by atoms with Crippen molar-refractivity contribution in [2.45, 2.75) is 224 Å². The van der Waals surface area contributed by atoms with Crippen molar-refractivity contribution >= 4 is 22.1 Å². The normalized spacial score (nSPS) is 20.5. The molecule has 6 atom stereocenters. The van der Waals surface area contributed by atoms with E-state index in [1.54, 1.807) is 0 Å². The molecule has 4 N–H and O–H groups in total. The minimum Gasteiger partial charge on any atom is -0.462 e. The number of aliphatic hydroxyl groups excluding tert-OH is 3.